The largest absolute Gasteiger partial charge is 0.497 e. The number of ether oxygens (including phenoxy) is 3. The van der Waals surface area contributed by atoms with Crippen molar-refractivity contribution in [3.05, 3.63) is 23.8 Å². The van der Waals surface area contributed by atoms with E-state index in [1.165, 1.54) is 5.56 Å². The fourth-order valence-electron chi connectivity index (χ4n) is 3.52. The molecule has 0 amide bonds. The van der Waals surface area contributed by atoms with Gasteiger partial charge in [0.25, 0.3) is 0 Å². The van der Waals surface area contributed by atoms with Crippen LogP contribution in [-0.2, 0) is 4.74 Å². The third kappa shape index (κ3) is 4.23. The Morgan fingerprint density at radius 1 is 1.27 bits per heavy atom. The van der Waals surface area contributed by atoms with Crippen LogP contribution in [0.4, 0.5) is 0 Å². The van der Waals surface area contributed by atoms with Crippen molar-refractivity contribution < 1.29 is 14.2 Å². The number of hydrogen-bond donors (Lipinski definition) is 1. The van der Waals surface area contributed by atoms with Gasteiger partial charge >= 0.3 is 0 Å². The molecule has 2 saturated heterocycles. The molecule has 6 nitrogen and oxygen atoms in total. The maximum atomic E-state index is 5.42. The van der Waals surface area contributed by atoms with Crippen LogP contribution in [-0.4, -0.2) is 64.5 Å². The minimum absolute atomic E-state index is 0.194. The van der Waals surface area contributed by atoms with Gasteiger partial charge in [-0.1, -0.05) is 6.92 Å². The molecule has 2 aliphatic heterocycles. The summed E-state index contributed by atoms with van der Waals surface area (Å²) in [6.07, 6.45) is 1.10. The molecule has 1 aromatic rings. The summed E-state index contributed by atoms with van der Waals surface area (Å²) in [4.78, 5) is 7.25. The standard InChI is InChI=1S/C20H31N3O3/c1-5-21-19(22-12-20(2)13-26-14-20)23-7-6-15(11-23)16-8-17(24-3)10-18(9-16)25-4/h8-10,15H,5-7,11-14H2,1-4H3,(H,21,22). The number of nitrogens with one attached hydrogen (secondary N) is 1. The van der Waals surface area contributed by atoms with Gasteiger partial charge in [-0.25, -0.2) is 0 Å². The summed E-state index contributed by atoms with van der Waals surface area (Å²) in [5.74, 6) is 3.15. The van der Waals surface area contributed by atoms with Gasteiger partial charge in [-0.15, -0.1) is 0 Å². The first-order chi connectivity index (χ1) is 12.6. The zero-order valence-electron chi connectivity index (χ0n) is 16.4. The maximum absolute atomic E-state index is 5.42. The van der Waals surface area contributed by atoms with Crippen LogP contribution in [0.2, 0.25) is 0 Å². The van der Waals surface area contributed by atoms with Gasteiger partial charge in [-0.05, 0) is 31.0 Å². The molecule has 2 fully saturated rings. The van der Waals surface area contributed by atoms with E-state index >= 15 is 0 Å². The second kappa shape index (κ2) is 8.16. The van der Waals surface area contributed by atoms with E-state index in [2.05, 4.69) is 36.2 Å². The number of benzene rings is 1. The summed E-state index contributed by atoms with van der Waals surface area (Å²) in [5.41, 5.74) is 1.46. The van der Waals surface area contributed by atoms with Crippen LogP contribution in [0.15, 0.2) is 23.2 Å². The molecule has 1 N–H and O–H groups in total. The van der Waals surface area contributed by atoms with Crippen molar-refractivity contribution in [1.82, 2.24) is 10.2 Å². The molecule has 0 aliphatic carbocycles. The van der Waals surface area contributed by atoms with Crippen molar-refractivity contribution >= 4 is 5.96 Å². The van der Waals surface area contributed by atoms with Gasteiger partial charge < -0.3 is 24.4 Å². The van der Waals surface area contributed by atoms with Crippen LogP contribution in [0.1, 0.15) is 31.7 Å². The Bertz CT molecular complexity index is 621. The highest BCUT2D eigenvalue weighted by Gasteiger charge is 2.34. The van der Waals surface area contributed by atoms with Crippen LogP contribution < -0.4 is 14.8 Å². The molecule has 1 atom stereocenters. The molecule has 1 aromatic carbocycles. The molecule has 0 bridgehead atoms. The van der Waals surface area contributed by atoms with E-state index in [9.17, 15) is 0 Å². The fourth-order valence-corrected chi connectivity index (χ4v) is 3.52. The average Bonchev–Trinajstić information content (AvgIpc) is 3.13. The lowest BCUT2D eigenvalue weighted by Gasteiger charge is -2.37. The zero-order valence-corrected chi connectivity index (χ0v) is 16.4. The van der Waals surface area contributed by atoms with Crippen molar-refractivity contribution in [3.8, 4) is 11.5 Å². The van der Waals surface area contributed by atoms with Crippen LogP contribution >= 0.6 is 0 Å². The highest BCUT2D eigenvalue weighted by Crippen LogP contribution is 2.33. The highest BCUT2D eigenvalue weighted by atomic mass is 16.5. The van der Waals surface area contributed by atoms with Gasteiger partial charge in [0, 0.05) is 37.0 Å². The molecule has 2 heterocycles. The predicted molar refractivity (Wildman–Crippen MR) is 103 cm³/mol. The normalized spacial score (nSPS) is 22.1. The summed E-state index contributed by atoms with van der Waals surface area (Å²) in [5, 5.41) is 3.45. The number of guanidine groups is 1. The number of nitrogens with zero attached hydrogens (tertiary/aromatic N) is 2. The molecule has 0 saturated carbocycles. The number of rotatable bonds is 6. The molecule has 1 unspecified atom stereocenters. The lowest BCUT2D eigenvalue weighted by molar-refractivity contribution is -0.0945. The summed E-state index contributed by atoms with van der Waals surface area (Å²) in [7, 11) is 3.39. The van der Waals surface area contributed by atoms with Crippen LogP contribution in [0.5, 0.6) is 11.5 Å². The monoisotopic (exact) mass is 361 g/mol. The summed E-state index contributed by atoms with van der Waals surface area (Å²) in [6.45, 7) is 9.61. The number of methoxy groups -OCH3 is 2. The van der Waals surface area contributed by atoms with Gasteiger partial charge in [-0.2, -0.15) is 0 Å². The third-order valence-electron chi connectivity index (χ3n) is 5.18. The fraction of sp³-hybridized carbons (Fsp3) is 0.650. The Labute approximate surface area is 156 Å². The van der Waals surface area contributed by atoms with Crippen molar-refractivity contribution in [3.63, 3.8) is 0 Å². The zero-order chi connectivity index (χ0) is 18.6. The van der Waals surface area contributed by atoms with E-state index in [4.69, 9.17) is 19.2 Å². The van der Waals surface area contributed by atoms with Crippen LogP contribution in [0, 0.1) is 5.41 Å². The van der Waals surface area contributed by atoms with E-state index in [0.717, 1.165) is 63.3 Å². The van der Waals surface area contributed by atoms with Crippen molar-refractivity contribution in [2.24, 2.45) is 10.4 Å². The Kier molecular flexibility index (Phi) is 5.91. The van der Waals surface area contributed by atoms with E-state index in [1.807, 2.05) is 6.07 Å². The van der Waals surface area contributed by atoms with E-state index < -0.39 is 0 Å². The quantitative estimate of drug-likeness (QED) is 0.623. The molecule has 144 valence electrons. The molecule has 0 aromatic heterocycles. The van der Waals surface area contributed by atoms with Crippen LogP contribution in [0.3, 0.4) is 0 Å². The first-order valence-corrected chi connectivity index (χ1v) is 9.41. The summed E-state index contributed by atoms with van der Waals surface area (Å²) in [6, 6.07) is 6.16. The molecule has 3 rings (SSSR count). The SMILES string of the molecule is CCNC(=NCC1(C)COC1)N1CCC(c2cc(OC)cc(OC)c2)C1. The van der Waals surface area contributed by atoms with Gasteiger partial charge in [0.1, 0.15) is 11.5 Å². The second-order valence-electron chi connectivity index (χ2n) is 7.55. The summed E-state index contributed by atoms with van der Waals surface area (Å²) >= 11 is 0. The van der Waals surface area contributed by atoms with Crippen molar-refractivity contribution in [2.45, 2.75) is 26.2 Å². The summed E-state index contributed by atoms with van der Waals surface area (Å²) < 4.78 is 16.2. The van der Waals surface area contributed by atoms with Gasteiger partial charge in [0.2, 0.25) is 0 Å². The van der Waals surface area contributed by atoms with Crippen LogP contribution in [0.25, 0.3) is 0 Å². The van der Waals surface area contributed by atoms with Gasteiger partial charge in [0.05, 0.1) is 34.0 Å². The first kappa shape index (κ1) is 18.8. The Morgan fingerprint density at radius 2 is 1.96 bits per heavy atom. The smallest absolute Gasteiger partial charge is 0.193 e. The second-order valence-corrected chi connectivity index (χ2v) is 7.55. The lowest BCUT2D eigenvalue weighted by atomic mass is 9.89. The molecule has 6 heteroatoms. The van der Waals surface area contributed by atoms with E-state index in [0.29, 0.717) is 5.92 Å². The van der Waals surface area contributed by atoms with Crippen molar-refractivity contribution in [2.75, 3.05) is 53.6 Å². The Balaban J connectivity index is 1.70. The maximum Gasteiger partial charge on any atom is 0.193 e. The lowest BCUT2D eigenvalue weighted by Crippen LogP contribution is -2.45. The molecular formula is C20H31N3O3. The highest BCUT2D eigenvalue weighted by molar-refractivity contribution is 5.80. The predicted octanol–water partition coefficient (Wildman–Crippen LogP) is 2.50. The average molecular weight is 361 g/mol. The molecule has 0 spiro atoms. The molecular weight excluding hydrogens is 330 g/mol. The van der Waals surface area contributed by atoms with Gasteiger partial charge in [-0.3, -0.25) is 4.99 Å². The minimum atomic E-state index is 0.194. The first-order valence-electron chi connectivity index (χ1n) is 9.41. The molecule has 0 radical (unpaired) electrons. The number of hydrogen-bond acceptors (Lipinski definition) is 4. The van der Waals surface area contributed by atoms with Crippen molar-refractivity contribution in [1.29, 1.82) is 0 Å². The minimum Gasteiger partial charge on any atom is -0.497 e. The van der Waals surface area contributed by atoms with Gasteiger partial charge in [0.15, 0.2) is 5.96 Å². The third-order valence-corrected chi connectivity index (χ3v) is 5.18. The number of aliphatic imine (C=N–C) groups is 1. The number of likely N-dealkylation sites (tertiary alicyclic amines) is 1. The van der Waals surface area contributed by atoms with E-state index in [1.54, 1.807) is 14.2 Å². The Morgan fingerprint density at radius 3 is 2.50 bits per heavy atom. The molecule has 2 aliphatic rings. The molecule has 26 heavy (non-hydrogen) atoms. The topological polar surface area (TPSA) is 55.3 Å². The Hall–Kier alpha value is -1.95. The van der Waals surface area contributed by atoms with E-state index in [-0.39, 0.29) is 5.41 Å².